The first-order valence-electron chi connectivity index (χ1n) is 7.76. The lowest BCUT2D eigenvalue weighted by atomic mass is 10.1. The zero-order valence-corrected chi connectivity index (χ0v) is 14.5. The lowest BCUT2D eigenvalue weighted by molar-refractivity contribution is 0.270. The van der Waals surface area contributed by atoms with E-state index >= 15 is 0 Å². The number of nitrogens with one attached hydrogen (secondary N) is 1. The van der Waals surface area contributed by atoms with Crippen LogP contribution in [0.2, 0.25) is 5.15 Å². The fourth-order valence-corrected chi connectivity index (χ4v) is 3.40. The zero-order chi connectivity index (χ0) is 16.4. The van der Waals surface area contributed by atoms with Crippen LogP contribution in [-0.2, 0) is 0 Å². The number of nitrogens with zero attached hydrogens (tertiary/aromatic N) is 2. The van der Waals surface area contributed by atoms with Crippen molar-refractivity contribution in [2.24, 2.45) is 5.92 Å². The molecule has 24 heavy (non-hydrogen) atoms. The molecule has 1 saturated heterocycles. The summed E-state index contributed by atoms with van der Waals surface area (Å²) in [4.78, 5) is 8.51. The van der Waals surface area contributed by atoms with E-state index in [-0.39, 0.29) is 0 Å². The monoisotopic (exact) mass is 357 g/mol. The van der Waals surface area contributed by atoms with E-state index in [1.807, 2.05) is 36.0 Å². The van der Waals surface area contributed by atoms with Crippen molar-refractivity contribution in [1.29, 1.82) is 0 Å². The summed E-state index contributed by atoms with van der Waals surface area (Å²) in [6.45, 7) is 0.797. The minimum absolute atomic E-state index is 0.470. The highest BCUT2D eigenvalue weighted by Crippen LogP contribution is 2.29. The van der Waals surface area contributed by atoms with Crippen LogP contribution in [0.3, 0.4) is 0 Å². The van der Waals surface area contributed by atoms with Crippen molar-refractivity contribution in [3.8, 4) is 5.75 Å². The van der Waals surface area contributed by atoms with Gasteiger partial charge in [-0.15, -0.1) is 0 Å². The van der Waals surface area contributed by atoms with Gasteiger partial charge < -0.3 is 10.1 Å². The van der Waals surface area contributed by atoms with Crippen molar-refractivity contribution < 1.29 is 4.74 Å². The molecule has 3 heterocycles. The maximum atomic E-state index is 5.91. The Kier molecular flexibility index (Phi) is 4.45. The van der Waals surface area contributed by atoms with Crippen LogP contribution in [-0.4, -0.2) is 28.1 Å². The lowest BCUT2D eigenvalue weighted by Gasteiger charge is -2.24. The van der Waals surface area contributed by atoms with E-state index in [1.165, 1.54) is 11.5 Å². The molecule has 0 saturated carbocycles. The Labute approximate surface area is 149 Å². The van der Waals surface area contributed by atoms with Gasteiger partial charge in [0, 0.05) is 29.0 Å². The molecule has 1 aromatic carbocycles. The number of pyridine rings is 2. The van der Waals surface area contributed by atoms with Crippen molar-refractivity contribution in [3.05, 3.63) is 53.9 Å². The second kappa shape index (κ2) is 6.87. The molecule has 1 aliphatic rings. The lowest BCUT2D eigenvalue weighted by Crippen LogP contribution is -2.24. The third-order valence-electron chi connectivity index (χ3n) is 3.92. The molecule has 6 heteroatoms. The van der Waals surface area contributed by atoms with Gasteiger partial charge in [-0.1, -0.05) is 11.6 Å². The Balaban J connectivity index is 1.56. The normalized spacial score (nSPS) is 14.4. The SMILES string of the molecule is Clc1ccc(Nc2nccc3cc(OCC4CSC4)ccc23)cn1. The van der Waals surface area contributed by atoms with E-state index in [4.69, 9.17) is 16.3 Å². The maximum Gasteiger partial charge on any atom is 0.138 e. The van der Waals surface area contributed by atoms with Crippen LogP contribution in [0.25, 0.3) is 10.8 Å². The van der Waals surface area contributed by atoms with Crippen LogP contribution in [0.15, 0.2) is 48.8 Å². The summed E-state index contributed by atoms with van der Waals surface area (Å²) in [6.07, 6.45) is 3.48. The van der Waals surface area contributed by atoms with E-state index < -0.39 is 0 Å². The van der Waals surface area contributed by atoms with Crippen LogP contribution < -0.4 is 10.1 Å². The van der Waals surface area contributed by atoms with E-state index in [0.717, 1.165) is 34.6 Å². The number of hydrogen-bond donors (Lipinski definition) is 1. The molecule has 3 aromatic rings. The number of rotatable bonds is 5. The topological polar surface area (TPSA) is 47.0 Å². The van der Waals surface area contributed by atoms with Crippen LogP contribution in [0.4, 0.5) is 11.5 Å². The molecule has 2 aromatic heterocycles. The van der Waals surface area contributed by atoms with Crippen LogP contribution in [0, 0.1) is 5.92 Å². The Morgan fingerprint density at radius 2 is 2.08 bits per heavy atom. The number of aromatic nitrogens is 2. The number of thioether (sulfide) groups is 1. The van der Waals surface area contributed by atoms with Gasteiger partial charge in [-0.2, -0.15) is 11.8 Å². The number of halogens is 1. The standard InChI is InChI=1S/C18H16ClN3OS/c19-17-4-1-14(8-21-17)22-18-16-3-2-15(7-13(16)5-6-20-18)23-9-12-10-24-11-12/h1-8,12H,9-11H2,(H,20,22). The molecule has 0 aliphatic carbocycles. The summed E-state index contributed by atoms with van der Waals surface area (Å²) in [6, 6.07) is 11.7. The number of benzene rings is 1. The summed E-state index contributed by atoms with van der Waals surface area (Å²) in [5.41, 5.74) is 0.849. The summed E-state index contributed by atoms with van der Waals surface area (Å²) in [7, 11) is 0. The number of ether oxygens (including phenoxy) is 1. The third-order valence-corrected chi connectivity index (χ3v) is 5.56. The molecular weight excluding hydrogens is 342 g/mol. The Morgan fingerprint density at radius 1 is 1.17 bits per heavy atom. The second-order valence-corrected chi connectivity index (χ2v) is 7.21. The van der Waals surface area contributed by atoms with Gasteiger partial charge in [-0.25, -0.2) is 9.97 Å². The molecule has 1 aliphatic heterocycles. The van der Waals surface area contributed by atoms with Gasteiger partial charge in [0.05, 0.1) is 18.5 Å². The first-order chi connectivity index (χ1) is 11.8. The molecule has 122 valence electrons. The number of fused-ring (bicyclic) bond motifs is 1. The summed E-state index contributed by atoms with van der Waals surface area (Å²) >= 11 is 7.80. The average Bonchev–Trinajstić information content (AvgIpc) is 2.56. The first-order valence-corrected chi connectivity index (χ1v) is 9.29. The fourth-order valence-electron chi connectivity index (χ4n) is 2.53. The van der Waals surface area contributed by atoms with Gasteiger partial charge in [0.15, 0.2) is 0 Å². The third kappa shape index (κ3) is 3.42. The fraction of sp³-hybridized carbons (Fsp3) is 0.222. The summed E-state index contributed by atoms with van der Waals surface area (Å²) in [5.74, 6) is 4.81. The minimum atomic E-state index is 0.470. The molecule has 0 amide bonds. The van der Waals surface area contributed by atoms with Crippen molar-refractivity contribution in [1.82, 2.24) is 9.97 Å². The smallest absolute Gasteiger partial charge is 0.138 e. The average molecular weight is 358 g/mol. The molecule has 1 fully saturated rings. The van der Waals surface area contributed by atoms with Crippen molar-refractivity contribution >= 4 is 45.6 Å². The quantitative estimate of drug-likeness (QED) is 0.666. The highest BCUT2D eigenvalue weighted by Gasteiger charge is 2.18. The zero-order valence-electron chi connectivity index (χ0n) is 12.9. The predicted octanol–water partition coefficient (Wildman–Crippen LogP) is 4.77. The van der Waals surface area contributed by atoms with Crippen LogP contribution in [0.5, 0.6) is 5.75 Å². The highest BCUT2D eigenvalue weighted by molar-refractivity contribution is 8.00. The van der Waals surface area contributed by atoms with E-state index in [9.17, 15) is 0 Å². The second-order valence-electron chi connectivity index (χ2n) is 5.75. The molecule has 4 nitrogen and oxygen atoms in total. The maximum absolute atomic E-state index is 5.91. The van der Waals surface area contributed by atoms with Gasteiger partial charge in [0.2, 0.25) is 0 Å². The van der Waals surface area contributed by atoms with Crippen LogP contribution >= 0.6 is 23.4 Å². The molecule has 0 spiro atoms. The van der Waals surface area contributed by atoms with Gasteiger partial charge in [0.1, 0.15) is 16.7 Å². The molecular formula is C18H16ClN3OS. The van der Waals surface area contributed by atoms with Crippen molar-refractivity contribution in [3.63, 3.8) is 0 Å². The molecule has 1 N–H and O–H groups in total. The van der Waals surface area contributed by atoms with Gasteiger partial charge in [-0.05, 0) is 41.8 Å². The highest BCUT2D eigenvalue weighted by atomic mass is 35.5. The largest absolute Gasteiger partial charge is 0.493 e. The van der Waals surface area contributed by atoms with Crippen molar-refractivity contribution in [2.45, 2.75) is 0 Å². The first kappa shape index (κ1) is 15.5. The van der Waals surface area contributed by atoms with Gasteiger partial charge in [0.25, 0.3) is 0 Å². The van der Waals surface area contributed by atoms with Gasteiger partial charge >= 0.3 is 0 Å². The predicted molar refractivity (Wildman–Crippen MR) is 101 cm³/mol. The molecule has 0 atom stereocenters. The molecule has 0 bridgehead atoms. The Hall–Kier alpha value is -1.98. The van der Waals surface area contributed by atoms with Gasteiger partial charge in [-0.3, -0.25) is 0 Å². The molecule has 0 unspecified atom stereocenters. The van der Waals surface area contributed by atoms with E-state index in [1.54, 1.807) is 18.5 Å². The summed E-state index contributed by atoms with van der Waals surface area (Å²) < 4.78 is 5.91. The molecule has 0 radical (unpaired) electrons. The number of anilines is 2. The minimum Gasteiger partial charge on any atom is -0.493 e. The summed E-state index contributed by atoms with van der Waals surface area (Å²) in [5, 5.41) is 5.89. The Morgan fingerprint density at radius 3 is 2.83 bits per heavy atom. The number of hydrogen-bond acceptors (Lipinski definition) is 5. The van der Waals surface area contributed by atoms with E-state index in [0.29, 0.717) is 11.1 Å². The Bertz CT molecular complexity index is 853. The van der Waals surface area contributed by atoms with Crippen molar-refractivity contribution in [2.75, 3.05) is 23.4 Å². The molecule has 4 rings (SSSR count). The van der Waals surface area contributed by atoms with Crippen LogP contribution in [0.1, 0.15) is 0 Å². The van der Waals surface area contributed by atoms with E-state index in [2.05, 4.69) is 21.4 Å².